The third-order valence-electron chi connectivity index (χ3n) is 15.6. The SMILES string of the molecule is C[C@]12CC[C@H]3[C@]4(C=C[C@@]5(C=C4C(=O)c4cc6ccccc6s4)CC(O)CC[C@]35C)[C@@H]1CC[C@@]2(O)CN(Cc1cccc2ccccc12)C(=O)Nc1ccccc1. The summed E-state index contributed by atoms with van der Waals surface area (Å²) in [5, 5.41) is 30.9. The molecule has 3 fully saturated rings. The largest absolute Gasteiger partial charge is 0.393 e. The highest BCUT2D eigenvalue weighted by molar-refractivity contribution is 7.21. The minimum Gasteiger partial charge on any atom is -0.393 e. The van der Waals surface area contributed by atoms with Gasteiger partial charge in [-0.25, -0.2) is 4.79 Å². The number of carbonyl (C=O) groups excluding carboxylic acids is 2. The van der Waals surface area contributed by atoms with E-state index in [9.17, 15) is 15.0 Å². The van der Waals surface area contributed by atoms with Crippen molar-refractivity contribution in [2.45, 2.75) is 77.0 Å². The van der Waals surface area contributed by atoms with Crippen molar-refractivity contribution >= 4 is 49.7 Å². The molecule has 4 aromatic carbocycles. The summed E-state index contributed by atoms with van der Waals surface area (Å²) >= 11 is 1.56. The number of Topliss-reactive ketones (excluding diaryl/α,β-unsaturated/α-hetero) is 1. The van der Waals surface area contributed by atoms with Crippen molar-refractivity contribution < 1.29 is 19.8 Å². The van der Waals surface area contributed by atoms with Gasteiger partial charge in [-0.05, 0) is 108 Å². The summed E-state index contributed by atoms with van der Waals surface area (Å²) in [6.45, 7) is 5.18. The van der Waals surface area contributed by atoms with Crippen LogP contribution in [0.25, 0.3) is 20.9 Å². The molecule has 11 rings (SSSR count). The maximum absolute atomic E-state index is 15.2. The Bertz CT molecular complexity index is 2420. The highest BCUT2D eigenvalue weighted by Gasteiger charge is 2.74. The number of urea groups is 1. The molecule has 2 spiro atoms. The second kappa shape index (κ2) is 12.7. The maximum Gasteiger partial charge on any atom is 0.322 e. The number of aliphatic hydroxyl groups excluding tert-OH is 1. The summed E-state index contributed by atoms with van der Waals surface area (Å²) < 4.78 is 1.10. The van der Waals surface area contributed by atoms with E-state index < -0.39 is 27.9 Å². The second-order valence-corrected chi connectivity index (χ2v) is 19.2. The van der Waals surface area contributed by atoms with Gasteiger partial charge in [0.25, 0.3) is 0 Å². The summed E-state index contributed by atoms with van der Waals surface area (Å²) in [5.74, 6) is 0.263. The molecule has 6 nitrogen and oxygen atoms in total. The lowest BCUT2D eigenvalue weighted by molar-refractivity contribution is -0.174. The number of hydrogen-bond acceptors (Lipinski definition) is 5. The molecule has 6 aliphatic carbocycles. The Morgan fingerprint density at radius 1 is 0.804 bits per heavy atom. The minimum atomic E-state index is -1.20. The Hall–Kier alpha value is -4.56. The third-order valence-corrected chi connectivity index (χ3v) is 16.7. The third kappa shape index (κ3) is 5.06. The van der Waals surface area contributed by atoms with Crippen LogP contribution in [0.5, 0.6) is 0 Å². The number of para-hydroxylation sites is 1. The van der Waals surface area contributed by atoms with E-state index in [-0.39, 0.29) is 35.6 Å². The van der Waals surface area contributed by atoms with Gasteiger partial charge in [0.2, 0.25) is 0 Å². The molecule has 1 aromatic heterocycles. The number of benzene rings is 4. The highest BCUT2D eigenvalue weighted by atomic mass is 32.1. The highest BCUT2D eigenvalue weighted by Crippen LogP contribution is 2.78. The molecule has 5 aromatic rings. The number of fused-ring (bicyclic) bond motifs is 3. The summed E-state index contributed by atoms with van der Waals surface area (Å²) in [7, 11) is 0. The zero-order valence-electron chi connectivity index (χ0n) is 32.2. The van der Waals surface area contributed by atoms with Crippen LogP contribution in [-0.4, -0.2) is 45.2 Å². The second-order valence-electron chi connectivity index (χ2n) is 18.1. The average molecular weight is 763 g/mol. The van der Waals surface area contributed by atoms with Crippen molar-refractivity contribution in [1.82, 2.24) is 4.90 Å². The predicted octanol–water partition coefficient (Wildman–Crippen LogP) is 10.6. The van der Waals surface area contributed by atoms with Crippen LogP contribution in [0.2, 0.25) is 0 Å². The van der Waals surface area contributed by atoms with Gasteiger partial charge in [-0.3, -0.25) is 4.79 Å². The molecule has 0 aliphatic heterocycles. The van der Waals surface area contributed by atoms with Crippen LogP contribution in [0.15, 0.2) is 127 Å². The molecule has 1 heterocycles. The first-order valence-corrected chi connectivity index (χ1v) is 21.3. The topological polar surface area (TPSA) is 89.9 Å². The quantitative estimate of drug-likeness (QED) is 0.114. The summed E-state index contributed by atoms with van der Waals surface area (Å²) in [5.41, 5.74) is -0.281. The molecule has 6 aliphatic rings. The van der Waals surface area contributed by atoms with Crippen LogP contribution in [0.1, 0.15) is 74.0 Å². The van der Waals surface area contributed by atoms with Crippen molar-refractivity contribution in [2.75, 3.05) is 11.9 Å². The van der Waals surface area contributed by atoms with Gasteiger partial charge in [0.15, 0.2) is 5.78 Å². The normalized spacial score (nSPS) is 34.1. The molecule has 0 radical (unpaired) electrons. The molecule has 3 saturated carbocycles. The van der Waals surface area contributed by atoms with E-state index in [0.717, 1.165) is 69.0 Å². The molecule has 2 bridgehead atoms. The maximum atomic E-state index is 15.2. The Morgan fingerprint density at radius 3 is 2.32 bits per heavy atom. The van der Waals surface area contributed by atoms with Gasteiger partial charge in [0.1, 0.15) is 0 Å². The molecule has 7 heteroatoms. The number of ketones is 1. The molecule has 0 saturated heterocycles. The van der Waals surface area contributed by atoms with Crippen molar-refractivity contribution in [1.29, 1.82) is 0 Å². The lowest BCUT2D eigenvalue weighted by atomic mass is 9.32. The van der Waals surface area contributed by atoms with Crippen molar-refractivity contribution in [3.63, 3.8) is 0 Å². The first-order chi connectivity index (χ1) is 27.0. The zero-order chi connectivity index (χ0) is 38.5. The van der Waals surface area contributed by atoms with Crippen LogP contribution in [0.4, 0.5) is 10.5 Å². The number of thiophene rings is 1. The molecule has 3 N–H and O–H groups in total. The van der Waals surface area contributed by atoms with Gasteiger partial charge in [-0.1, -0.05) is 111 Å². The van der Waals surface area contributed by atoms with E-state index in [1.165, 1.54) is 0 Å². The summed E-state index contributed by atoms with van der Waals surface area (Å²) in [6.07, 6.45) is 11.9. The Labute approximate surface area is 332 Å². The molecule has 8 atom stereocenters. The number of hydrogen-bond donors (Lipinski definition) is 3. The van der Waals surface area contributed by atoms with Gasteiger partial charge < -0.3 is 20.4 Å². The lowest BCUT2D eigenvalue weighted by Crippen LogP contribution is -2.67. The first-order valence-electron chi connectivity index (χ1n) is 20.4. The molecule has 1 unspecified atom stereocenters. The Morgan fingerprint density at radius 2 is 1.50 bits per heavy atom. The predicted molar refractivity (Wildman–Crippen MR) is 225 cm³/mol. The van der Waals surface area contributed by atoms with Crippen LogP contribution >= 0.6 is 11.3 Å². The van der Waals surface area contributed by atoms with Crippen LogP contribution in [-0.2, 0) is 6.54 Å². The molecular formula is C49H50N2O4S. The van der Waals surface area contributed by atoms with Crippen molar-refractivity contribution in [3.05, 3.63) is 137 Å². The number of aliphatic hydroxyl groups is 2. The lowest BCUT2D eigenvalue weighted by Gasteiger charge is -2.71. The van der Waals surface area contributed by atoms with E-state index in [2.05, 4.69) is 79.9 Å². The standard InChI is InChI=1S/C49H50N2O4S/c1-45-22-19-36(52)28-47(45)25-26-49(38(29-47)43(53)40-27-33-12-7-9-18-39(33)56-40)41(45)20-23-46(2)42(49)21-24-48(46,55)31-51(44(54)50-35-15-4-3-5-16-35)30-34-14-10-13-32-11-6-8-17-37(32)34/h3-18,25-27,29,36,41-42,52,55H,19-24,28,30-31H2,1-2H3,(H,50,54)/t36?,41-,42-,45-,46+,47+,48-,49-/m1/s1. The summed E-state index contributed by atoms with van der Waals surface area (Å²) in [6, 6.07) is 34.0. The molecule has 286 valence electrons. The van der Waals surface area contributed by atoms with E-state index in [0.29, 0.717) is 25.1 Å². The number of nitrogens with one attached hydrogen (secondary N) is 1. The molecule has 2 amide bonds. The van der Waals surface area contributed by atoms with Crippen LogP contribution < -0.4 is 5.32 Å². The number of carbonyl (C=O) groups is 2. The first kappa shape index (κ1) is 35.8. The number of amides is 2. The Balaban J connectivity index is 1.06. The number of nitrogens with zero attached hydrogens (tertiary/aromatic N) is 1. The van der Waals surface area contributed by atoms with E-state index >= 15 is 4.79 Å². The van der Waals surface area contributed by atoms with Crippen molar-refractivity contribution in [3.8, 4) is 0 Å². The van der Waals surface area contributed by atoms with Gasteiger partial charge in [-0.15, -0.1) is 11.3 Å². The molecule has 56 heavy (non-hydrogen) atoms. The van der Waals surface area contributed by atoms with Gasteiger partial charge >= 0.3 is 6.03 Å². The minimum absolute atomic E-state index is 0.0156. The van der Waals surface area contributed by atoms with Gasteiger partial charge in [-0.2, -0.15) is 0 Å². The number of anilines is 1. The smallest absolute Gasteiger partial charge is 0.322 e. The van der Waals surface area contributed by atoms with E-state index in [4.69, 9.17) is 0 Å². The van der Waals surface area contributed by atoms with Crippen LogP contribution in [0, 0.1) is 33.5 Å². The zero-order valence-corrected chi connectivity index (χ0v) is 33.0. The fourth-order valence-electron chi connectivity index (χ4n) is 12.7. The molecular weight excluding hydrogens is 713 g/mol. The number of allylic oxidation sites excluding steroid dienone is 4. The van der Waals surface area contributed by atoms with E-state index in [1.807, 2.05) is 65.6 Å². The average Bonchev–Trinajstić information content (AvgIpc) is 3.76. The van der Waals surface area contributed by atoms with Gasteiger partial charge in [0.05, 0.1) is 23.1 Å². The van der Waals surface area contributed by atoms with E-state index in [1.54, 1.807) is 11.3 Å². The summed E-state index contributed by atoms with van der Waals surface area (Å²) in [4.78, 5) is 32.2. The fourth-order valence-corrected chi connectivity index (χ4v) is 13.7. The van der Waals surface area contributed by atoms with Crippen molar-refractivity contribution in [2.24, 2.45) is 33.5 Å². The number of rotatable bonds is 7. The van der Waals surface area contributed by atoms with Gasteiger partial charge in [0, 0.05) is 38.8 Å². The van der Waals surface area contributed by atoms with Crippen LogP contribution in [0.3, 0.4) is 0 Å². The Kier molecular flexibility index (Phi) is 8.14. The monoisotopic (exact) mass is 762 g/mol. The fraction of sp³-hybridized carbons (Fsp3) is 0.388.